The van der Waals surface area contributed by atoms with Gasteiger partial charge >= 0.3 is 5.97 Å². The first-order valence-corrected chi connectivity index (χ1v) is 5.99. The number of furan rings is 1. The van der Waals surface area contributed by atoms with Gasteiger partial charge in [0, 0.05) is 0 Å². The van der Waals surface area contributed by atoms with Crippen LogP contribution in [0.5, 0.6) is 0 Å². The molecule has 2 N–H and O–H groups in total. The van der Waals surface area contributed by atoms with Gasteiger partial charge in [-0.3, -0.25) is 0 Å². The van der Waals surface area contributed by atoms with E-state index in [0.29, 0.717) is 16.3 Å². The Morgan fingerprint density at radius 2 is 2.33 bits per heavy atom. The van der Waals surface area contributed by atoms with Gasteiger partial charge in [0.15, 0.2) is 0 Å². The summed E-state index contributed by atoms with van der Waals surface area (Å²) >= 11 is 1.34. The summed E-state index contributed by atoms with van der Waals surface area (Å²) in [4.78, 5) is 16.7. The Balaban J connectivity index is 2.38. The van der Waals surface area contributed by atoms with E-state index in [0.717, 1.165) is 10.7 Å². The summed E-state index contributed by atoms with van der Waals surface area (Å²) in [5.41, 5.74) is 6.40. The second-order valence-corrected chi connectivity index (χ2v) is 4.59. The smallest absolute Gasteiger partial charge is 0.340 e. The SMILES string of the molecule is COC(=O)c1cc(N)cnc1Sc1ccoc1C. The molecule has 0 aliphatic carbocycles. The highest BCUT2D eigenvalue weighted by atomic mass is 32.2. The minimum atomic E-state index is -0.460. The van der Waals surface area contributed by atoms with Crippen molar-refractivity contribution in [3.63, 3.8) is 0 Å². The standard InChI is InChI=1S/C12H12N2O3S/c1-7-10(3-4-17-7)18-11-9(12(15)16-2)5-8(13)6-14-11/h3-6H,13H2,1-2H3. The van der Waals surface area contributed by atoms with Crippen molar-refractivity contribution in [1.29, 1.82) is 0 Å². The van der Waals surface area contributed by atoms with Gasteiger partial charge in [-0.2, -0.15) is 0 Å². The number of anilines is 1. The molecule has 0 fully saturated rings. The molecule has 0 unspecified atom stereocenters. The molecule has 2 heterocycles. The Labute approximate surface area is 108 Å². The molecule has 0 spiro atoms. The number of aromatic nitrogens is 1. The van der Waals surface area contributed by atoms with Crippen molar-refractivity contribution in [2.75, 3.05) is 12.8 Å². The average molecular weight is 264 g/mol. The zero-order valence-corrected chi connectivity index (χ0v) is 10.8. The number of nitrogens with zero attached hydrogens (tertiary/aromatic N) is 1. The van der Waals surface area contributed by atoms with Crippen LogP contribution in [0, 0.1) is 6.92 Å². The van der Waals surface area contributed by atoms with E-state index < -0.39 is 5.97 Å². The number of ether oxygens (including phenoxy) is 1. The molecule has 2 rings (SSSR count). The molecule has 2 aromatic heterocycles. The number of aryl methyl sites for hydroxylation is 1. The van der Waals surface area contributed by atoms with E-state index in [1.807, 2.05) is 13.0 Å². The van der Waals surface area contributed by atoms with Gasteiger partial charge in [0.1, 0.15) is 10.8 Å². The summed E-state index contributed by atoms with van der Waals surface area (Å²) in [6.45, 7) is 1.84. The third-order valence-electron chi connectivity index (χ3n) is 2.30. The highest BCUT2D eigenvalue weighted by Crippen LogP contribution is 2.32. The van der Waals surface area contributed by atoms with Gasteiger partial charge in [0.05, 0.1) is 35.7 Å². The Morgan fingerprint density at radius 3 is 2.94 bits per heavy atom. The van der Waals surface area contributed by atoms with E-state index in [9.17, 15) is 4.79 Å². The lowest BCUT2D eigenvalue weighted by Gasteiger charge is -2.06. The second-order valence-electron chi connectivity index (χ2n) is 3.56. The molecule has 5 nitrogen and oxygen atoms in total. The predicted octanol–water partition coefficient (Wildman–Crippen LogP) is 2.50. The molecule has 0 aliphatic heterocycles. The summed E-state index contributed by atoms with van der Waals surface area (Å²) < 4.78 is 9.91. The molecule has 0 amide bonds. The maximum atomic E-state index is 11.6. The number of nitrogen functional groups attached to an aromatic ring is 1. The number of hydrogen-bond donors (Lipinski definition) is 1. The number of carbonyl (C=O) groups is 1. The summed E-state index contributed by atoms with van der Waals surface area (Å²) in [6, 6.07) is 3.37. The number of rotatable bonds is 3. The van der Waals surface area contributed by atoms with Gasteiger partial charge in [0.2, 0.25) is 0 Å². The minimum absolute atomic E-state index is 0.350. The molecule has 0 atom stereocenters. The number of pyridine rings is 1. The third-order valence-corrected chi connectivity index (χ3v) is 3.46. The molecule has 0 saturated heterocycles. The maximum Gasteiger partial charge on any atom is 0.340 e. The largest absolute Gasteiger partial charge is 0.468 e. The average Bonchev–Trinajstić information content (AvgIpc) is 2.76. The van der Waals surface area contributed by atoms with Crippen LogP contribution in [0.3, 0.4) is 0 Å². The highest BCUT2D eigenvalue weighted by Gasteiger charge is 2.16. The van der Waals surface area contributed by atoms with E-state index in [2.05, 4.69) is 4.98 Å². The van der Waals surface area contributed by atoms with E-state index in [1.54, 1.807) is 12.3 Å². The van der Waals surface area contributed by atoms with E-state index in [-0.39, 0.29) is 0 Å². The number of esters is 1. The zero-order chi connectivity index (χ0) is 13.1. The lowest BCUT2D eigenvalue weighted by Crippen LogP contribution is -2.05. The summed E-state index contributed by atoms with van der Waals surface area (Å²) in [5, 5.41) is 0.542. The Kier molecular flexibility index (Phi) is 3.57. The molecule has 0 aromatic carbocycles. The van der Waals surface area contributed by atoms with Gasteiger partial charge in [-0.25, -0.2) is 9.78 Å². The summed E-state index contributed by atoms with van der Waals surface area (Å²) in [5.74, 6) is 0.313. The van der Waals surface area contributed by atoms with Crippen LogP contribution in [0.2, 0.25) is 0 Å². The topological polar surface area (TPSA) is 78.4 Å². The molecule has 0 aliphatic rings. The number of nitrogens with two attached hydrogens (primary N) is 1. The van der Waals surface area contributed by atoms with Crippen molar-refractivity contribution in [3.8, 4) is 0 Å². The van der Waals surface area contributed by atoms with E-state index in [4.69, 9.17) is 14.9 Å². The van der Waals surface area contributed by atoms with Crippen LogP contribution < -0.4 is 5.73 Å². The monoisotopic (exact) mass is 264 g/mol. The number of carbonyl (C=O) groups excluding carboxylic acids is 1. The first kappa shape index (κ1) is 12.5. The summed E-state index contributed by atoms with van der Waals surface area (Å²) in [6.07, 6.45) is 3.09. The van der Waals surface area contributed by atoms with Gasteiger partial charge in [-0.15, -0.1) is 0 Å². The van der Waals surface area contributed by atoms with E-state index in [1.165, 1.54) is 25.1 Å². The lowest BCUT2D eigenvalue weighted by atomic mass is 10.3. The first-order valence-electron chi connectivity index (χ1n) is 5.17. The fourth-order valence-corrected chi connectivity index (χ4v) is 2.27. The lowest BCUT2D eigenvalue weighted by molar-refractivity contribution is 0.0596. The zero-order valence-electron chi connectivity index (χ0n) is 9.97. The van der Waals surface area contributed by atoms with Crippen molar-refractivity contribution in [2.24, 2.45) is 0 Å². The van der Waals surface area contributed by atoms with Crippen molar-refractivity contribution in [2.45, 2.75) is 16.8 Å². The minimum Gasteiger partial charge on any atom is -0.468 e. The summed E-state index contributed by atoms with van der Waals surface area (Å²) in [7, 11) is 1.32. The molecule has 0 bridgehead atoms. The van der Waals surface area contributed by atoms with Crippen molar-refractivity contribution < 1.29 is 13.9 Å². The molecular formula is C12H12N2O3S. The molecule has 94 valence electrons. The molecule has 0 saturated carbocycles. The normalized spacial score (nSPS) is 10.3. The number of hydrogen-bond acceptors (Lipinski definition) is 6. The Hall–Kier alpha value is -1.95. The van der Waals surface area contributed by atoms with Crippen molar-refractivity contribution in [1.82, 2.24) is 4.98 Å². The number of methoxy groups -OCH3 is 1. The van der Waals surface area contributed by atoms with Crippen LogP contribution in [0.15, 0.2) is 38.9 Å². The molecule has 2 aromatic rings. The van der Waals surface area contributed by atoms with Gasteiger partial charge in [0.25, 0.3) is 0 Å². The van der Waals surface area contributed by atoms with Gasteiger partial charge in [-0.05, 0) is 19.1 Å². The molecular weight excluding hydrogens is 252 g/mol. The fraction of sp³-hybridized carbons (Fsp3) is 0.167. The van der Waals surface area contributed by atoms with Crippen LogP contribution >= 0.6 is 11.8 Å². The molecule has 18 heavy (non-hydrogen) atoms. The first-order chi connectivity index (χ1) is 8.61. The van der Waals surface area contributed by atoms with Crippen LogP contribution in [0.4, 0.5) is 5.69 Å². The Bertz CT molecular complexity index is 580. The Morgan fingerprint density at radius 1 is 1.56 bits per heavy atom. The predicted molar refractivity (Wildman–Crippen MR) is 67.6 cm³/mol. The van der Waals surface area contributed by atoms with Crippen LogP contribution in [-0.4, -0.2) is 18.1 Å². The van der Waals surface area contributed by atoms with Crippen LogP contribution in [0.25, 0.3) is 0 Å². The molecule has 6 heteroatoms. The highest BCUT2D eigenvalue weighted by molar-refractivity contribution is 7.99. The third kappa shape index (κ3) is 2.48. The van der Waals surface area contributed by atoms with E-state index >= 15 is 0 Å². The van der Waals surface area contributed by atoms with Crippen LogP contribution in [0.1, 0.15) is 16.1 Å². The van der Waals surface area contributed by atoms with Crippen molar-refractivity contribution >= 4 is 23.4 Å². The van der Waals surface area contributed by atoms with Crippen LogP contribution in [-0.2, 0) is 4.74 Å². The quantitative estimate of drug-likeness (QED) is 0.858. The second kappa shape index (κ2) is 5.14. The van der Waals surface area contributed by atoms with Gasteiger partial charge < -0.3 is 14.9 Å². The maximum absolute atomic E-state index is 11.6. The molecule has 0 radical (unpaired) electrons. The van der Waals surface area contributed by atoms with Crippen molar-refractivity contribution in [3.05, 3.63) is 35.9 Å². The fourth-order valence-electron chi connectivity index (χ4n) is 1.39. The van der Waals surface area contributed by atoms with Gasteiger partial charge in [-0.1, -0.05) is 11.8 Å².